The van der Waals surface area contributed by atoms with Crippen molar-refractivity contribution >= 4 is 11.6 Å². The molecule has 1 unspecified atom stereocenters. The highest BCUT2D eigenvalue weighted by atomic mass is 16.2. The number of likely N-dealkylation sites (N-methyl/N-ethyl adjacent to an activating group) is 1. The number of benzene rings is 1. The summed E-state index contributed by atoms with van der Waals surface area (Å²) in [5.74, 6) is 0.0474. The van der Waals surface area contributed by atoms with Crippen LogP contribution in [0.2, 0.25) is 0 Å². The monoisotopic (exact) mass is 175 g/mol. The van der Waals surface area contributed by atoms with Crippen molar-refractivity contribution in [2.24, 2.45) is 0 Å². The van der Waals surface area contributed by atoms with Gasteiger partial charge in [-0.25, -0.2) is 10.2 Å². The van der Waals surface area contributed by atoms with Crippen LogP contribution < -0.4 is 10.0 Å². The minimum atomic E-state index is 0.0474. The van der Waals surface area contributed by atoms with E-state index in [0.717, 1.165) is 5.69 Å². The van der Waals surface area contributed by atoms with Crippen LogP contribution in [0.25, 0.3) is 0 Å². The SMILES string of the molecule is C[N+]1(c2ccccc2)NC=CC1=O. The molecule has 1 aromatic carbocycles. The third kappa shape index (κ3) is 1.13. The fraction of sp³-hybridized carbons (Fsp3) is 0.100. The molecular formula is C10H11N2O+. The number of carbonyl (C=O) groups excluding carboxylic acids is 1. The fourth-order valence-corrected chi connectivity index (χ4v) is 1.40. The summed E-state index contributed by atoms with van der Waals surface area (Å²) in [5, 5.41) is 0. The molecule has 66 valence electrons. The first-order valence-corrected chi connectivity index (χ1v) is 4.14. The minimum absolute atomic E-state index is 0.0474. The van der Waals surface area contributed by atoms with Gasteiger partial charge in [-0.15, -0.1) is 4.59 Å². The first-order chi connectivity index (χ1) is 6.23. The van der Waals surface area contributed by atoms with Gasteiger partial charge in [-0.1, -0.05) is 18.2 Å². The molecule has 0 radical (unpaired) electrons. The lowest BCUT2D eigenvalue weighted by atomic mass is 10.3. The van der Waals surface area contributed by atoms with Gasteiger partial charge in [0.25, 0.3) is 0 Å². The zero-order chi connectivity index (χ0) is 9.31. The van der Waals surface area contributed by atoms with Crippen LogP contribution in [0.1, 0.15) is 0 Å². The van der Waals surface area contributed by atoms with Crippen molar-refractivity contribution < 1.29 is 4.79 Å². The maximum atomic E-state index is 11.5. The molecule has 1 amide bonds. The maximum Gasteiger partial charge on any atom is 0.369 e. The molecule has 0 spiro atoms. The Hall–Kier alpha value is -1.61. The van der Waals surface area contributed by atoms with E-state index in [1.54, 1.807) is 12.3 Å². The molecule has 0 saturated carbocycles. The summed E-state index contributed by atoms with van der Waals surface area (Å²) in [6.07, 6.45) is 3.22. The van der Waals surface area contributed by atoms with Crippen LogP contribution >= 0.6 is 0 Å². The highest BCUT2D eigenvalue weighted by Gasteiger charge is 2.35. The van der Waals surface area contributed by atoms with E-state index in [4.69, 9.17) is 0 Å². The summed E-state index contributed by atoms with van der Waals surface area (Å²) in [6.45, 7) is 0. The number of para-hydroxylation sites is 1. The summed E-state index contributed by atoms with van der Waals surface area (Å²) in [4.78, 5) is 11.5. The Morgan fingerprint density at radius 2 is 1.92 bits per heavy atom. The molecule has 0 saturated heterocycles. The second-order valence-corrected chi connectivity index (χ2v) is 3.14. The van der Waals surface area contributed by atoms with Crippen LogP contribution in [0.5, 0.6) is 0 Å². The van der Waals surface area contributed by atoms with Crippen LogP contribution in [-0.2, 0) is 4.79 Å². The van der Waals surface area contributed by atoms with Crippen molar-refractivity contribution in [2.45, 2.75) is 0 Å². The normalized spacial score (nSPS) is 26.1. The van der Waals surface area contributed by atoms with E-state index in [2.05, 4.69) is 5.43 Å². The Bertz CT molecular complexity index is 358. The number of quaternary nitrogens is 1. The molecule has 1 aromatic rings. The third-order valence-electron chi connectivity index (χ3n) is 2.27. The van der Waals surface area contributed by atoms with Gasteiger partial charge in [0, 0.05) is 12.1 Å². The number of carbonyl (C=O) groups is 1. The van der Waals surface area contributed by atoms with E-state index >= 15 is 0 Å². The maximum absolute atomic E-state index is 11.5. The van der Waals surface area contributed by atoms with E-state index in [9.17, 15) is 4.79 Å². The van der Waals surface area contributed by atoms with Gasteiger partial charge < -0.3 is 0 Å². The molecule has 1 aliphatic heterocycles. The summed E-state index contributed by atoms with van der Waals surface area (Å²) in [7, 11) is 1.83. The average molecular weight is 175 g/mol. The molecule has 3 nitrogen and oxygen atoms in total. The van der Waals surface area contributed by atoms with Gasteiger partial charge in [-0.3, -0.25) is 0 Å². The van der Waals surface area contributed by atoms with Gasteiger partial charge in [-0.2, -0.15) is 0 Å². The molecule has 1 N–H and O–H groups in total. The number of hydrogen-bond acceptors (Lipinski definition) is 2. The van der Waals surface area contributed by atoms with Crippen molar-refractivity contribution in [3.63, 3.8) is 0 Å². The van der Waals surface area contributed by atoms with Crippen LogP contribution in [0, 0.1) is 0 Å². The number of nitrogens with one attached hydrogen (secondary N) is 1. The van der Waals surface area contributed by atoms with E-state index < -0.39 is 0 Å². The Kier molecular flexibility index (Phi) is 1.67. The van der Waals surface area contributed by atoms with Crippen molar-refractivity contribution in [1.29, 1.82) is 0 Å². The molecule has 0 aromatic heterocycles. The van der Waals surface area contributed by atoms with E-state index in [-0.39, 0.29) is 10.5 Å². The molecule has 1 heterocycles. The highest BCUT2D eigenvalue weighted by Crippen LogP contribution is 2.20. The standard InChI is InChI=1S/C10H10N2O/c1-12(10(13)7-8-11-12)9-5-3-2-4-6-9/h2-8H,1H3/p+1. The molecule has 1 atom stereocenters. The fourth-order valence-electron chi connectivity index (χ4n) is 1.40. The smallest absolute Gasteiger partial charge is 0.231 e. The van der Waals surface area contributed by atoms with E-state index in [0.29, 0.717) is 0 Å². The van der Waals surface area contributed by atoms with Crippen molar-refractivity contribution in [3.05, 3.63) is 42.6 Å². The van der Waals surface area contributed by atoms with Crippen LogP contribution in [0.15, 0.2) is 42.6 Å². The Balaban J connectivity index is 2.42. The number of amides is 1. The van der Waals surface area contributed by atoms with Gasteiger partial charge >= 0.3 is 5.91 Å². The Morgan fingerprint density at radius 3 is 2.46 bits per heavy atom. The lowest BCUT2D eigenvalue weighted by Gasteiger charge is -2.24. The Morgan fingerprint density at radius 1 is 1.23 bits per heavy atom. The van der Waals surface area contributed by atoms with Gasteiger partial charge in [-0.05, 0) is 0 Å². The van der Waals surface area contributed by atoms with E-state index in [1.807, 2.05) is 37.4 Å². The van der Waals surface area contributed by atoms with Gasteiger partial charge in [0.05, 0.1) is 12.3 Å². The number of hydrogen-bond donors (Lipinski definition) is 1. The average Bonchev–Trinajstić information content (AvgIpc) is 2.50. The van der Waals surface area contributed by atoms with Gasteiger partial charge in [0.15, 0.2) is 5.69 Å². The summed E-state index contributed by atoms with van der Waals surface area (Å²) >= 11 is 0. The first kappa shape index (κ1) is 8.01. The summed E-state index contributed by atoms with van der Waals surface area (Å²) in [6, 6.07) is 9.64. The predicted octanol–water partition coefficient (Wildman–Crippen LogP) is 1.18. The van der Waals surface area contributed by atoms with Gasteiger partial charge in [0.2, 0.25) is 0 Å². The molecule has 0 aliphatic carbocycles. The molecule has 1 aliphatic rings. The molecule has 2 rings (SSSR count). The predicted molar refractivity (Wildman–Crippen MR) is 51.4 cm³/mol. The third-order valence-corrected chi connectivity index (χ3v) is 2.27. The number of rotatable bonds is 1. The van der Waals surface area contributed by atoms with Crippen molar-refractivity contribution in [1.82, 2.24) is 10.0 Å². The quantitative estimate of drug-likeness (QED) is 0.649. The zero-order valence-corrected chi connectivity index (χ0v) is 7.40. The zero-order valence-electron chi connectivity index (χ0n) is 7.40. The Labute approximate surface area is 76.8 Å². The second kappa shape index (κ2) is 2.71. The summed E-state index contributed by atoms with van der Waals surface area (Å²) < 4.78 is 0.126. The summed E-state index contributed by atoms with van der Waals surface area (Å²) in [5.41, 5.74) is 3.95. The van der Waals surface area contributed by atoms with Crippen LogP contribution in [0.4, 0.5) is 5.69 Å². The molecular weight excluding hydrogens is 164 g/mol. The van der Waals surface area contributed by atoms with Crippen molar-refractivity contribution in [2.75, 3.05) is 7.05 Å². The highest BCUT2D eigenvalue weighted by molar-refractivity contribution is 5.98. The molecule has 13 heavy (non-hydrogen) atoms. The lowest BCUT2D eigenvalue weighted by molar-refractivity contribution is -0.124. The van der Waals surface area contributed by atoms with Crippen LogP contribution in [-0.4, -0.2) is 13.0 Å². The van der Waals surface area contributed by atoms with Crippen molar-refractivity contribution in [3.8, 4) is 0 Å². The van der Waals surface area contributed by atoms with E-state index in [1.165, 1.54) is 0 Å². The molecule has 3 heteroatoms. The molecule has 0 bridgehead atoms. The largest absolute Gasteiger partial charge is 0.369 e. The lowest BCUT2D eigenvalue weighted by Crippen LogP contribution is -2.54. The van der Waals surface area contributed by atoms with Gasteiger partial charge in [0.1, 0.15) is 7.05 Å². The second-order valence-electron chi connectivity index (χ2n) is 3.14. The first-order valence-electron chi connectivity index (χ1n) is 4.14. The number of nitrogens with zero attached hydrogens (tertiary/aromatic N) is 1. The minimum Gasteiger partial charge on any atom is -0.231 e. The molecule has 0 fully saturated rings. The van der Waals surface area contributed by atoms with Crippen LogP contribution in [0.3, 0.4) is 0 Å². The topological polar surface area (TPSA) is 29.1 Å².